The van der Waals surface area contributed by atoms with E-state index in [4.69, 9.17) is 15.5 Å². The van der Waals surface area contributed by atoms with Gasteiger partial charge in [-0.2, -0.15) is 0 Å². The van der Waals surface area contributed by atoms with Gasteiger partial charge in [-0.3, -0.25) is 14.6 Å². The van der Waals surface area contributed by atoms with E-state index in [9.17, 15) is 9.36 Å². The highest BCUT2D eigenvalue weighted by atomic mass is 31.2. The summed E-state index contributed by atoms with van der Waals surface area (Å²) in [6.07, 6.45) is 0. The first-order chi connectivity index (χ1) is 8.38. The van der Waals surface area contributed by atoms with Crippen molar-refractivity contribution in [2.24, 2.45) is 5.73 Å². The molecule has 4 N–H and O–H groups in total. The zero-order valence-electron chi connectivity index (χ0n) is 9.11. The highest BCUT2D eigenvalue weighted by Gasteiger charge is 2.22. The Hall–Kier alpha value is -1.88. The number of phosphoric ester groups is 1. The lowest BCUT2D eigenvalue weighted by atomic mass is 10.1. The van der Waals surface area contributed by atoms with Gasteiger partial charge in [0.2, 0.25) is 0 Å². The summed E-state index contributed by atoms with van der Waals surface area (Å²) in [6, 6.07) is 9.74. The summed E-state index contributed by atoms with van der Waals surface area (Å²) < 4.78 is 15.5. The predicted molar refractivity (Wildman–Crippen MR) is 65.1 cm³/mol. The van der Waals surface area contributed by atoms with Crippen LogP contribution in [0.5, 0.6) is 5.75 Å². The highest BCUT2D eigenvalue weighted by molar-refractivity contribution is 7.46. The number of carbonyl (C=O) groups is 1. The van der Waals surface area contributed by atoms with E-state index in [1.807, 2.05) is 0 Å². The third kappa shape index (κ3) is 2.51. The fourth-order valence-electron chi connectivity index (χ4n) is 1.65. The van der Waals surface area contributed by atoms with E-state index in [1.165, 1.54) is 6.07 Å². The number of nitrogens with two attached hydrogens (primary N) is 1. The fourth-order valence-corrected chi connectivity index (χ4v) is 2.09. The Labute approximate surface area is 102 Å². The smallest absolute Gasteiger partial charge is 0.403 e. The van der Waals surface area contributed by atoms with Crippen molar-refractivity contribution in [1.82, 2.24) is 0 Å². The van der Waals surface area contributed by atoms with Crippen LogP contribution in [-0.2, 0) is 4.57 Å². The quantitative estimate of drug-likeness (QED) is 0.728. The number of amides is 1. The van der Waals surface area contributed by atoms with Crippen LogP contribution >= 0.6 is 7.82 Å². The van der Waals surface area contributed by atoms with Crippen LogP contribution in [0.25, 0.3) is 10.8 Å². The maximum atomic E-state index is 11.2. The second-order valence-electron chi connectivity index (χ2n) is 3.61. The molecule has 0 fully saturated rings. The van der Waals surface area contributed by atoms with Gasteiger partial charge in [-0.25, -0.2) is 4.57 Å². The van der Waals surface area contributed by atoms with Crippen molar-refractivity contribution in [3.05, 3.63) is 42.0 Å². The normalized spacial score (nSPS) is 11.4. The molecule has 0 saturated heterocycles. The minimum Gasteiger partial charge on any atom is -0.403 e. The summed E-state index contributed by atoms with van der Waals surface area (Å²) in [6.45, 7) is 0. The molecule has 0 aliphatic heterocycles. The Morgan fingerprint density at radius 3 is 2.44 bits per heavy atom. The fraction of sp³-hybridized carbons (Fsp3) is 0. The Morgan fingerprint density at radius 2 is 1.83 bits per heavy atom. The molecule has 0 heterocycles. The van der Waals surface area contributed by atoms with Crippen LogP contribution in [0.3, 0.4) is 0 Å². The van der Waals surface area contributed by atoms with Crippen molar-refractivity contribution in [1.29, 1.82) is 0 Å². The third-order valence-electron chi connectivity index (χ3n) is 2.36. The molecule has 18 heavy (non-hydrogen) atoms. The lowest BCUT2D eigenvalue weighted by molar-refractivity contribution is 0.0998. The van der Waals surface area contributed by atoms with Gasteiger partial charge in [0.25, 0.3) is 5.91 Å². The zero-order valence-corrected chi connectivity index (χ0v) is 10.0. The van der Waals surface area contributed by atoms with Crippen molar-refractivity contribution in [3.8, 4) is 5.75 Å². The molecule has 0 spiro atoms. The minimum absolute atomic E-state index is 0.0722. The summed E-state index contributed by atoms with van der Waals surface area (Å²) in [4.78, 5) is 29.0. The van der Waals surface area contributed by atoms with Crippen LogP contribution in [0.4, 0.5) is 0 Å². The van der Waals surface area contributed by atoms with Crippen LogP contribution in [0.15, 0.2) is 36.4 Å². The first kappa shape index (κ1) is 12.6. The zero-order chi connectivity index (χ0) is 13.3. The van der Waals surface area contributed by atoms with Crippen LogP contribution < -0.4 is 10.3 Å². The van der Waals surface area contributed by atoms with E-state index < -0.39 is 13.7 Å². The number of rotatable bonds is 3. The van der Waals surface area contributed by atoms with Gasteiger partial charge < -0.3 is 10.3 Å². The van der Waals surface area contributed by atoms with Gasteiger partial charge in [-0.15, -0.1) is 0 Å². The number of hydrogen-bond donors (Lipinski definition) is 3. The topological polar surface area (TPSA) is 110 Å². The second-order valence-corrected chi connectivity index (χ2v) is 4.77. The average Bonchev–Trinajstić information content (AvgIpc) is 2.27. The van der Waals surface area contributed by atoms with E-state index in [1.54, 1.807) is 30.3 Å². The first-order valence-electron chi connectivity index (χ1n) is 4.95. The molecular formula is C11H10NO5P. The molecule has 2 rings (SSSR count). The number of fused-ring (bicyclic) bond motifs is 1. The Bertz CT molecular complexity index is 664. The van der Waals surface area contributed by atoms with Crippen molar-refractivity contribution >= 4 is 24.5 Å². The maximum Gasteiger partial charge on any atom is 0.524 e. The lowest BCUT2D eigenvalue weighted by Gasteiger charge is -2.12. The largest absolute Gasteiger partial charge is 0.524 e. The number of phosphoric acid groups is 1. The van der Waals surface area contributed by atoms with Crippen molar-refractivity contribution in [2.45, 2.75) is 0 Å². The molecule has 2 aromatic rings. The van der Waals surface area contributed by atoms with Gasteiger partial charge in [0.1, 0.15) is 0 Å². The standard InChI is InChI=1S/C11H10NO5P/c12-11(13)9-6-5-7-3-1-2-4-8(7)10(9)17-18(14,15)16/h1-6H,(H2,12,13)(H2,14,15,16). The van der Waals surface area contributed by atoms with Gasteiger partial charge in [0.05, 0.1) is 5.56 Å². The Kier molecular flexibility index (Phi) is 3.09. The molecule has 0 saturated carbocycles. The van der Waals surface area contributed by atoms with Gasteiger partial charge in [-0.05, 0) is 11.5 Å². The van der Waals surface area contributed by atoms with E-state index in [0.717, 1.165) is 0 Å². The van der Waals surface area contributed by atoms with Gasteiger partial charge in [0, 0.05) is 5.39 Å². The van der Waals surface area contributed by atoms with Gasteiger partial charge >= 0.3 is 7.82 Å². The van der Waals surface area contributed by atoms with E-state index in [-0.39, 0.29) is 11.3 Å². The molecule has 94 valence electrons. The molecule has 6 nitrogen and oxygen atoms in total. The molecular weight excluding hydrogens is 257 g/mol. The monoisotopic (exact) mass is 267 g/mol. The molecule has 2 aromatic carbocycles. The summed E-state index contributed by atoms with van der Waals surface area (Å²) >= 11 is 0. The summed E-state index contributed by atoms with van der Waals surface area (Å²) in [5, 5.41) is 1.10. The third-order valence-corrected chi connectivity index (χ3v) is 2.78. The molecule has 0 aliphatic rings. The Balaban J connectivity index is 2.74. The van der Waals surface area contributed by atoms with Crippen LogP contribution in [0.1, 0.15) is 10.4 Å². The summed E-state index contributed by atoms with van der Waals surface area (Å²) in [7, 11) is -4.77. The molecule has 0 unspecified atom stereocenters. The molecule has 0 aromatic heterocycles. The average molecular weight is 267 g/mol. The van der Waals surface area contributed by atoms with E-state index >= 15 is 0 Å². The van der Waals surface area contributed by atoms with Crippen molar-refractivity contribution < 1.29 is 23.7 Å². The number of carbonyl (C=O) groups excluding carboxylic acids is 1. The van der Waals surface area contributed by atoms with Crippen molar-refractivity contribution in [3.63, 3.8) is 0 Å². The molecule has 0 radical (unpaired) electrons. The maximum absolute atomic E-state index is 11.2. The number of benzene rings is 2. The first-order valence-corrected chi connectivity index (χ1v) is 6.48. The lowest BCUT2D eigenvalue weighted by Crippen LogP contribution is -2.12. The molecule has 0 atom stereocenters. The van der Waals surface area contributed by atoms with E-state index in [2.05, 4.69) is 4.52 Å². The van der Waals surface area contributed by atoms with Gasteiger partial charge in [0.15, 0.2) is 5.75 Å². The SMILES string of the molecule is NC(=O)c1ccc2ccccc2c1OP(=O)(O)O. The number of hydrogen-bond acceptors (Lipinski definition) is 3. The highest BCUT2D eigenvalue weighted by Crippen LogP contribution is 2.42. The predicted octanol–water partition coefficient (Wildman–Crippen LogP) is 1.41. The minimum atomic E-state index is -4.77. The molecule has 1 amide bonds. The van der Waals surface area contributed by atoms with Crippen molar-refractivity contribution in [2.75, 3.05) is 0 Å². The number of primary amides is 1. The van der Waals surface area contributed by atoms with Gasteiger partial charge in [-0.1, -0.05) is 30.3 Å². The van der Waals surface area contributed by atoms with Crippen LogP contribution in [0.2, 0.25) is 0 Å². The molecule has 7 heteroatoms. The Morgan fingerprint density at radius 1 is 1.17 bits per heavy atom. The summed E-state index contributed by atoms with van der Waals surface area (Å²) in [5.74, 6) is -1.02. The van der Waals surface area contributed by atoms with Crippen LogP contribution in [0, 0.1) is 0 Å². The van der Waals surface area contributed by atoms with Crippen LogP contribution in [-0.4, -0.2) is 15.7 Å². The second kappa shape index (κ2) is 4.42. The summed E-state index contributed by atoms with van der Waals surface area (Å²) in [5.41, 5.74) is 5.08. The molecule has 0 aliphatic carbocycles. The van der Waals surface area contributed by atoms with E-state index in [0.29, 0.717) is 10.8 Å². The molecule has 0 bridgehead atoms.